The summed E-state index contributed by atoms with van der Waals surface area (Å²) in [6.45, 7) is 4.29. The molecule has 98 valence electrons. The lowest BCUT2D eigenvalue weighted by atomic mass is 9.80. The number of carbonyl (C=O) groups excluding carboxylic acids is 1. The number of anilines is 2. The molecule has 0 unspecified atom stereocenters. The molecule has 0 spiro atoms. The molecule has 1 aliphatic heterocycles. The Morgan fingerprint density at radius 1 is 1.39 bits per heavy atom. The summed E-state index contributed by atoms with van der Waals surface area (Å²) in [7, 11) is 3.39. The lowest BCUT2D eigenvalue weighted by Gasteiger charge is -2.27. The number of ether oxygens (including phenoxy) is 1. The fourth-order valence-corrected chi connectivity index (χ4v) is 2.44. The molecule has 1 heterocycles. The van der Waals surface area contributed by atoms with Crippen molar-refractivity contribution >= 4 is 17.3 Å². The highest BCUT2D eigenvalue weighted by Crippen LogP contribution is 2.42. The van der Waals surface area contributed by atoms with Gasteiger partial charge in [-0.3, -0.25) is 4.79 Å². The number of carbonyl (C=O) groups is 1. The van der Waals surface area contributed by atoms with E-state index >= 15 is 0 Å². The highest BCUT2D eigenvalue weighted by molar-refractivity contribution is 5.95. The largest absolute Gasteiger partial charge is 0.495 e. The maximum atomic E-state index is 12.0. The first kappa shape index (κ1) is 12.7. The lowest BCUT2D eigenvalue weighted by molar-refractivity contribution is -0.118. The zero-order chi connectivity index (χ0) is 13.5. The smallest absolute Gasteiger partial charge is 0.226 e. The summed E-state index contributed by atoms with van der Waals surface area (Å²) >= 11 is 0. The van der Waals surface area contributed by atoms with E-state index in [-0.39, 0.29) is 11.3 Å². The van der Waals surface area contributed by atoms with E-state index < -0.39 is 0 Å². The number of amides is 1. The fraction of sp³-hybridized carbons (Fsp3) is 0.500. The molecule has 0 saturated heterocycles. The van der Waals surface area contributed by atoms with Crippen LogP contribution >= 0.6 is 0 Å². The second-order valence-corrected chi connectivity index (χ2v) is 5.45. The molecular formula is C14H20N2O2. The van der Waals surface area contributed by atoms with Crippen molar-refractivity contribution in [2.24, 2.45) is 0 Å². The van der Waals surface area contributed by atoms with Crippen molar-refractivity contribution in [2.45, 2.75) is 32.1 Å². The Kier molecular flexibility index (Phi) is 2.97. The monoisotopic (exact) mass is 248 g/mol. The van der Waals surface area contributed by atoms with Crippen molar-refractivity contribution in [1.29, 1.82) is 0 Å². The molecule has 2 rings (SSSR count). The molecule has 4 nitrogen and oxygen atoms in total. The Balaban J connectivity index is 2.67. The number of nitrogens with two attached hydrogens (primary N) is 1. The minimum absolute atomic E-state index is 0.0594. The summed E-state index contributed by atoms with van der Waals surface area (Å²) in [6, 6.07) is 3.79. The van der Waals surface area contributed by atoms with Gasteiger partial charge in [0, 0.05) is 19.5 Å². The van der Waals surface area contributed by atoms with E-state index in [0.717, 1.165) is 17.7 Å². The van der Waals surface area contributed by atoms with E-state index in [1.807, 2.05) is 12.1 Å². The summed E-state index contributed by atoms with van der Waals surface area (Å²) in [5, 5.41) is 0. The molecule has 0 saturated carbocycles. The van der Waals surface area contributed by atoms with Crippen LogP contribution < -0.4 is 15.4 Å². The van der Waals surface area contributed by atoms with Gasteiger partial charge in [0.05, 0.1) is 18.5 Å². The van der Waals surface area contributed by atoms with Gasteiger partial charge < -0.3 is 15.4 Å². The molecule has 4 heteroatoms. The minimum atomic E-state index is -0.0594. The van der Waals surface area contributed by atoms with Gasteiger partial charge in [0.1, 0.15) is 5.75 Å². The third-order valence-electron chi connectivity index (χ3n) is 3.78. The van der Waals surface area contributed by atoms with Crippen LogP contribution in [0.1, 0.15) is 32.3 Å². The Hall–Kier alpha value is -1.71. The normalized spacial score (nSPS) is 18.2. The van der Waals surface area contributed by atoms with Crippen molar-refractivity contribution < 1.29 is 9.53 Å². The predicted octanol–water partition coefficient (Wildman–Crippen LogP) is 2.31. The highest BCUT2D eigenvalue weighted by Gasteiger charge is 2.32. The zero-order valence-corrected chi connectivity index (χ0v) is 11.4. The summed E-state index contributed by atoms with van der Waals surface area (Å²) in [6.07, 6.45) is 1.38. The average molecular weight is 248 g/mol. The topological polar surface area (TPSA) is 55.6 Å². The quantitative estimate of drug-likeness (QED) is 0.776. The van der Waals surface area contributed by atoms with Crippen LogP contribution in [0.25, 0.3) is 0 Å². The molecule has 0 radical (unpaired) electrons. The van der Waals surface area contributed by atoms with Gasteiger partial charge >= 0.3 is 0 Å². The first-order valence-electron chi connectivity index (χ1n) is 6.11. The van der Waals surface area contributed by atoms with Crippen LogP contribution in [0.15, 0.2) is 12.1 Å². The average Bonchev–Trinajstić information content (AvgIpc) is 2.41. The molecule has 0 atom stereocenters. The van der Waals surface area contributed by atoms with E-state index in [2.05, 4.69) is 13.8 Å². The summed E-state index contributed by atoms with van der Waals surface area (Å²) in [5.74, 6) is 0.750. The molecule has 2 N–H and O–H groups in total. The van der Waals surface area contributed by atoms with Crippen molar-refractivity contribution in [1.82, 2.24) is 0 Å². The first-order valence-corrected chi connectivity index (χ1v) is 6.11. The molecule has 18 heavy (non-hydrogen) atoms. The van der Waals surface area contributed by atoms with Crippen molar-refractivity contribution in [3.63, 3.8) is 0 Å². The van der Waals surface area contributed by atoms with E-state index in [1.54, 1.807) is 19.1 Å². The summed E-state index contributed by atoms with van der Waals surface area (Å²) < 4.78 is 5.24. The molecular weight excluding hydrogens is 228 g/mol. The third-order valence-corrected chi connectivity index (χ3v) is 3.78. The number of hydrogen-bond acceptors (Lipinski definition) is 3. The van der Waals surface area contributed by atoms with Crippen LogP contribution in [-0.2, 0) is 10.2 Å². The molecule has 0 fully saturated rings. The van der Waals surface area contributed by atoms with Gasteiger partial charge in [0.2, 0.25) is 5.91 Å². The summed E-state index contributed by atoms with van der Waals surface area (Å²) in [5.41, 5.74) is 8.54. The molecule has 1 amide bonds. The zero-order valence-electron chi connectivity index (χ0n) is 11.4. The Morgan fingerprint density at radius 2 is 2.06 bits per heavy atom. The molecule has 1 aliphatic rings. The number of fused-ring (bicyclic) bond motifs is 1. The van der Waals surface area contributed by atoms with Gasteiger partial charge in [0.15, 0.2) is 0 Å². The SMILES string of the molecule is COc1cc2c(cc1N)C(C)(C)CCC(=O)N2C. The Labute approximate surface area is 108 Å². The van der Waals surface area contributed by atoms with Gasteiger partial charge in [-0.25, -0.2) is 0 Å². The standard InChI is InChI=1S/C14H20N2O2/c1-14(2)6-5-13(17)16(3)11-8-12(18-4)10(15)7-9(11)14/h7-8H,5-6,15H2,1-4H3. The van der Waals surface area contributed by atoms with E-state index in [0.29, 0.717) is 17.9 Å². The van der Waals surface area contributed by atoms with Gasteiger partial charge in [-0.05, 0) is 23.5 Å². The predicted molar refractivity (Wildman–Crippen MR) is 73.1 cm³/mol. The minimum Gasteiger partial charge on any atom is -0.495 e. The second-order valence-electron chi connectivity index (χ2n) is 5.45. The van der Waals surface area contributed by atoms with E-state index in [1.165, 1.54) is 0 Å². The third kappa shape index (κ3) is 1.92. The number of hydrogen-bond donors (Lipinski definition) is 1. The van der Waals surface area contributed by atoms with Crippen LogP contribution in [0.4, 0.5) is 11.4 Å². The van der Waals surface area contributed by atoms with Crippen LogP contribution in [0.3, 0.4) is 0 Å². The van der Waals surface area contributed by atoms with Gasteiger partial charge in [0.25, 0.3) is 0 Å². The van der Waals surface area contributed by atoms with Crippen LogP contribution in [0, 0.1) is 0 Å². The van der Waals surface area contributed by atoms with Crippen LogP contribution in [-0.4, -0.2) is 20.1 Å². The van der Waals surface area contributed by atoms with E-state index in [4.69, 9.17) is 10.5 Å². The molecule has 1 aromatic rings. The first-order chi connectivity index (χ1) is 8.36. The number of benzene rings is 1. The van der Waals surface area contributed by atoms with Crippen LogP contribution in [0.5, 0.6) is 5.75 Å². The molecule has 0 aromatic heterocycles. The molecule has 1 aromatic carbocycles. The fourth-order valence-electron chi connectivity index (χ4n) is 2.44. The van der Waals surface area contributed by atoms with Gasteiger partial charge in [-0.2, -0.15) is 0 Å². The second kappa shape index (κ2) is 4.19. The lowest BCUT2D eigenvalue weighted by Crippen LogP contribution is -2.25. The highest BCUT2D eigenvalue weighted by atomic mass is 16.5. The number of nitrogen functional groups attached to an aromatic ring is 1. The maximum Gasteiger partial charge on any atom is 0.226 e. The van der Waals surface area contributed by atoms with Crippen molar-refractivity contribution in [3.8, 4) is 5.75 Å². The van der Waals surface area contributed by atoms with Gasteiger partial charge in [-0.1, -0.05) is 13.8 Å². The van der Waals surface area contributed by atoms with Gasteiger partial charge in [-0.15, -0.1) is 0 Å². The number of methoxy groups -OCH3 is 1. The maximum absolute atomic E-state index is 12.0. The number of nitrogens with zero attached hydrogens (tertiary/aromatic N) is 1. The van der Waals surface area contributed by atoms with Crippen molar-refractivity contribution in [3.05, 3.63) is 17.7 Å². The van der Waals surface area contributed by atoms with E-state index in [9.17, 15) is 4.79 Å². The Morgan fingerprint density at radius 3 is 2.67 bits per heavy atom. The molecule has 0 bridgehead atoms. The summed E-state index contributed by atoms with van der Waals surface area (Å²) in [4.78, 5) is 13.7. The van der Waals surface area contributed by atoms with Crippen molar-refractivity contribution in [2.75, 3.05) is 24.8 Å². The number of rotatable bonds is 1. The molecule has 0 aliphatic carbocycles. The van der Waals surface area contributed by atoms with Crippen LogP contribution in [0.2, 0.25) is 0 Å². The Bertz CT molecular complexity index is 495.